The maximum absolute atomic E-state index is 12.7. The van der Waals surface area contributed by atoms with E-state index in [1.165, 1.54) is 28.4 Å². The number of hydrogen-bond donors (Lipinski definition) is 1. The summed E-state index contributed by atoms with van der Waals surface area (Å²) in [7, 11) is -2.09. The summed E-state index contributed by atoms with van der Waals surface area (Å²) in [5, 5.41) is 5.03. The lowest BCUT2D eigenvalue weighted by Gasteiger charge is -2.08. The van der Waals surface area contributed by atoms with Gasteiger partial charge in [-0.3, -0.25) is 9.40 Å². The fourth-order valence-electron chi connectivity index (χ4n) is 2.90. The van der Waals surface area contributed by atoms with Crippen LogP contribution in [-0.2, 0) is 17.1 Å². The number of sulfonamides is 1. The fourth-order valence-corrected chi connectivity index (χ4v) is 5.14. The van der Waals surface area contributed by atoms with Crippen molar-refractivity contribution in [1.29, 1.82) is 0 Å². The molecule has 160 valence electrons. The number of aromatic nitrogens is 5. The molecular formula is C20H19ClN6O2S2. The standard InChI is InChI=1S/C20H19ClN6O2S2/c1-12(2)19-25-17(18(30-19)16-7-8-22-20(21)24-16)13-5-4-6-14(9-13)26-31(28,29)15-10-23-27(3)11-15/h4-12,26H,1-3H3. The summed E-state index contributed by atoms with van der Waals surface area (Å²) in [5.41, 5.74) is 2.57. The summed E-state index contributed by atoms with van der Waals surface area (Å²) in [5.74, 6) is 0.224. The van der Waals surface area contributed by atoms with Crippen LogP contribution in [0.3, 0.4) is 0 Å². The molecule has 8 nitrogen and oxygen atoms in total. The Labute approximate surface area is 189 Å². The number of hydrogen-bond acceptors (Lipinski definition) is 7. The highest BCUT2D eigenvalue weighted by atomic mass is 35.5. The second-order valence-electron chi connectivity index (χ2n) is 7.13. The van der Waals surface area contributed by atoms with Gasteiger partial charge in [-0.25, -0.2) is 23.4 Å². The van der Waals surface area contributed by atoms with Crippen LogP contribution in [0.2, 0.25) is 5.28 Å². The van der Waals surface area contributed by atoms with Crippen molar-refractivity contribution in [2.75, 3.05) is 4.72 Å². The Morgan fingerprint density at radius 2 is 2.00 bits per heavy atom. The molecule has 0 spiro atoms. The Kier molecular flexibility index (Phi) is 5.78. The molecule has 31 heavy (non-hydrogen) atoms. The first kappa shape index (κ1) is 21.4. The van der Waals surface area contributed by atoms with Gasteiger partial charge in [-0.2, -0.15) is 5.10 Å². The van der Waals surface area contributed by atoms with E-state index in [-0.39, 0.29) is 16.1 Å². The molecule has 0 unspecified atom stereocenters. The first-order valence-electron chi connectivity index (χ1n) is 9.34. The van der Waals surface area contributed by atoms with Crippen LogP contribution >= 0.6 is 22.9 Å². The van der Waals surface area contributed by atoms with Crippen molar-refractivity contribution < 1.29 is 8.42 Å². The van der Waals surface area contributed by atoms with Crippen molar-refractivity contribution in [3.05, 3.63) is 59.2 Å². The first-order valence-corrected chi connectivity index (χ1v) is 12.0. The van der Waals surface area contributed by atoms with Crippen molar-refractivity contribution in [3.63, 3.8) is 0 Å². The number of nitrogens with one attached hydrogen (secondary N) is 1. The van der Waals surface area contributed by atoms with Crippen molar-refractivity contribution in [1.82, 2.24) is 24.7 Å². The highest BCUT2D eigenvalue weighted by molar-refractivity contribution is 7.92. The van der Waals surface area contributed by atoms with Crippen LogP contribution in [0.4, 0.5) is 5.69 Å². The molecule has 0 atom stereocenters. The molecule has 3 aromatic heterocycles. The lowest BCUT2D eigenvalue weighted by molar-refractivity contribution is 0.601. The third kappa shape index (κ3) is 4.60. The zero-order valence-electron chi connectivity index (χ0n) is 16.9. The smallest absolute Gasteiger partial charge is 0.265 e. The second-order valence-corrected chi connectivity index (χ2v) is 10.2. The van der Waals surface area contributed by atoms with Gasteiger partial charge in [0.15, 0.2) is 0 Å². The minimum Gasteiger partial charge on any atom is -0.280 e. The minimum atomic E-state index is -3.76. The Morgan fingerprint density at radius 3 is 2.68 bits per heavy atom. The SMILES string of the molecule is CC(C)c1nc(-c2cccc(NS(=O)(=O)c3cnn(C)c3)c2)c(-c2ccnc(Cl)n2)s1. The lowest BCUT2D eigenvalue weighted by atomic mass is 10.1. The molecule has 0 saturated carbocycles. The van der Waals surface area contributed by atoms with E-state index in [1.807, 2.05) is 6.07 Å². The zero-order valence-corrected chi connectivity index (χ0v) is 19.3. The Balaban J connectivity index is 1.75. The maximum atomic E-state index is 12.7. The summed E-state index contributed by atoms with van der Waals surface area (Å²) in [6.07, 6.45) is 4.35. The average Bonchev–Trinajstić information content (AvgIpc) is 3.35. The van der Waals surface area contributed by atoms with E-state index in [0.29, 0.717) is 17.1 Å². The van der Waals surface area contributed by atoms with E-state index >= 15 is 0 Å². The molecule has 1 aromatic carbocycles. The molecule has 0 aliphatic rings. The van der Waals surface area contributed by atoms with Crippen molar-refractivity contribution >= 4 is 38.6 Å². The number of halogens is 1. The minimum absolute atomic E-state index is 0.0903. The van der Waals surface area contributed by atoms with Gasteiger partial charge in [-0.05, 0) is 29.8 Å². The molecular weight excluding hydrogens is 456 g/mol. The Bertz CT molecular complexity index is 1350. The van der Waals surface area contributed by atoms with E-state index in [0.717, 1.165) is 15.4 Å². The Morgan fingerprint density at radius 1 is 1.19 bits per heavy atom. The molecule has 0 bridgehead atoms. The maximum Gasteiger partial charge on any atom is 0.265 e. The van der Waals surface area contributed by atoms with Gasteiger partial charge in [-0.1, -0.05) is 26.0 Å². The van der Waals surface area contributed by atoms with Crippen LogP contribution in [0.1, 0.15) is 24.8 Å². The van der Waals surface area contributed by atoms with Crippen molar-refractivity contribution in [2.24, 2.45) is 7.05 Å². The predicted molar refractivity (Wildman–Crippen MR) is 122 cm³/mol. The van der Waals surface area contributed by atoms with E-state index in [2.05, 4.69) is 33.6 Å². The molecule has 4 aromatic rings. The summed E-state index contributed by atoms with van der Waals surface area (Å²) in [6.45, 7) is 4.13. The number of nitrogens with zero attached hydrogens (tertiary/aromatic N) is 5. The molecule has 0 fully saturated rings. The van der Waals surface area contributed by atoms with Crippen LogP contribution in [0.5, 0.6) is 0 Å². The molecule has 0 radical (unpaired) electrons. The zero-order chi connectivity index (χ0) is 22.2. The molecule has 1 N–H and O–H groups in total. The second kappa shape index (κ2) is 8.37. The van der Waals surface area contributed by atoms with E-state index in [1.54, 1.807) is 37.5 Å². The third-order valence-electron chi connectivity index (χ3n) is 4.38. The largest absolute Gasteiger partial charge is 0.280 e. The monoisotopic (exact) mass is 474 g/mol. The Hall–Kier alpha value is -2.82. The summed E-state index contributed by atoms with van der Waals surface area (Å²) in [4.78, 5) is 14.0. The molecule has 4 rings (SSSR count). The first-order chi connectivity index (χ1) is 14.7. The van der Waals surface area contributed by atoms with Crippen LogP contribution in [-0.4, -0.2) is 33.2 Å². The number of aryl methyl sites for hydroxylation is 1. The van der Waals surface area contributed by atoms with Gasteiger partial charge >= 0.3 is 0 Å². The summed E-state index contributed by atoms with van der Waals surface area (Å²) >= 11 is 7.53. The van der Waals surface area contributed by atoms with Crippen LogP contribution in [0, 0.1) is 0 Å². The van der Waals surface area contributed by atoms with Gasteiger partial charge in [0.1, 0.15) is 4.90 Å². The van der Waals surface area contributed by atoms with Crippen LogP contribution in [0.25, 0.3) is 21.8 Å². The summed E-state index contributed by atoms with van der Waals surface area (Å²) < 4.78 is 29.4. The predicted octanol–water partition coefficient (Wildman–Crippen LogP) is 4.58. The average molecular weight is 475 g/mol. The summed E-state index contributed by atoms with van der Waals surface area (Å²) in [6, 6.07) is 8.88. The van der Waals surface area contributed by atoms with Gasteiger partial charge < -0.3 is 0 Å². The molecule has 3 heterocycles. The third-order valence-corrected chi connectivity index (χ3v) is 7.27. The van der Waals surface area contributed by atoms with Crippen molar-refractivity contribution in [3.8, 4) is 21.8 Å². The van der Waals surface area contributed by atoms with Gasteiger partial charge in [-0.15, -0.1) is 11.3 Å². The van der Waals surface area contributed by atoms with E-state index in [4.69, 9.17) is 16.6 Å². The highest BCUT2D eigenvalue weighted by Crippen LogP contribution is 2.39. The topological polar surface area (TPSA) is 103 Å². The van der Waals surface area contributed by atoms with Gasteiger partial charge in [0.25, 0.3) is 10.0 Å². The van der Waals surface area contributed by atoms with Gasteiger partial charge in [0, 0.05) is 36.6 Å². The highest BCUT2D eigenvalue weighted by Gasteiger charge is 2.20. The van der Waals surface area contributed by atoms with E-state index < -0.39 is 10.0 Å². The number of rotatable bonds is 6. The molecule has 0 amide bonds. The molecule has 0 aliphatic carbocycles. The van der Waals surface area contributed by atoms with Crippen LogP contribution in [0.15, 0.2) is 53.8 Å². The van der Waals surface area contributed by atoms with Gasteiger partial charge in [0.2, 0.25) is 5.28 Å². The fraction of sp³-hybridized carbons (Fsp3) is 0.200. The quantitative estimate of drug-likeness (QED) is 0.410. The normalized spacial score (nSPS) is 11.8. The van der Waals surface area contributed by atoms with Gasteiger partial charge in [0.05, 0.1) is 27.5 Å². The molecule has 11 heteroatoms. The number of benzene rings is 1. The van der Waals surface area contributed by atoms with Crippen LogP contribution < -0.4 is 4.72 Å². The van der Waals surface area contributed by atoms with Crippen molar-refractivity contribution in [2.45, 2.75) is 24.7 Å². The molecule has 0 aliphatic heterocycles. The number of anilines is 1. The lowest BCUT2D eigenvalue weighted by Crippen LogP contribution is -2.12. The van der Waals surface area contributed by atoms with E-state index in [9.17, 15) is 8.42 Å². The molecule has 0 saturated heterocycles. The number of thiazole rings is 1.